The minimum atomic E-state index is -0.451. The van der Waals surface area contributed by atoms with Gasteiger partial charge in [-0.05, 0) is 31.5 Å². The standard InChI is InChI=1S/C24H30N4O5/c1-6-32-23(29)18-15(2)33-22-20(19(18)16-7-9-17(30-5)10-8-16)21(25-24(26-22)27(3)4)28-11-13-31-14-12-28/h7-10,19H,6,11-14H2,1-5H3. The van der Waals surface area contributed by atoms with Crippen LogP contribution in [0.2, 0.25) is 0 Å². The molecule has 4 rings (SSSR count). The second kappa shape index (κ2) is 9.66. The van der Waals surface area contributed by atoms with Crippen LogP contribution in [-0.4, -0.2) is 70.1 Å². The Kier molecular flexibility index (Phi) is 6.69. The average Bonchev–Trinajstić information content (AvgIpc) is 2.83. The van der Waals surface area contributed by atoms with Crippen molar-refractivity contribution in [2.24, 2.45) is 0 Å². The van der Waals surface area contributed by atoms with Crippen LogP contribution in [0.15, 0.2) is 35.6 Å². The maximum absolute atomic E-state index is 13.1. The summed E-state index contributed by atoms with van der Waals surface area (Å²) in [7, 11) is 5.41. The number of methoxy groups -OCH3 is 1. The Bertz CT molecular complexity index is 1050. The van der Waals surface area contributed by atoms with Crippen LogP contribution in [0.3, 0.4) is 0 Å². The zero-order chi connectivity index (χ0) is 23.5. The molecule has 2 aliphatic rings. The average molecular weight is 455 g/mol. The molecule has 3 heterocycles. The molecule has 1 aromatic heterocycles. The van der Waals surface area contributed by atoms with E-state index in [1.54, 1.807) is 21.0 Å². The molecule has 0 N–H and O–H groups in total. The van der Waals surface area contributed by atoms with Gasteiger partial charge in [-0.1, -0.05) is 12.1 Å². The third-order valence-electron chi connectivity index (χ3n) is 5.74. The molecular formula is C24H30N4O5. The molecule has 0 spiro atoms. The first-order chi connectivity index (χ1) is 15.9. The fourth-order valence-corrected chi connectivity index (χ4v) is 4.12. The van der Waals surface area contributed by atoms with Crippen molar-refractivity contribution in [2.75, 3.05) is 63.9 Å². The molecule has 0 aliphatic carbocycles. The molecule has 1 unspecified atom stereocenters. The van der Waals surface area contributed by atoms with E-state index < -0.39 is 11.9 Å². The number of hydrogen-bond acceptors (Lipinski definition) is 9. The number of carbonyl (C=O) groups is 1. The number of morpholine rings is 1. The number of anilines is 2. The molecule has 1 saturated heterocycles. The molecular weight excluding hydrogens is 424 g/mol. The van der Waals surface area contributed by atoms with Crippen LogP contribution in [0.4, 0.5) is 11.8 Å². The van der Waals surface area contributed by atoms with Crippen molar-refractivity contribution in [3.63, 3.8) is 0 Å². The second-order valence-electron chi connectivity index (χ2n) is 8.06. The number of allylic oxidation sites excluding steroid dienone is 1. The van der Waals surface area contributed by atoms with Gasteiger partial charge in [0.1, 0.15) is 17.3 Å². The number of benzene rings is 1. The summed E-state index contributed by atoms with van der Waals surface area (Å²) in [6.45, 7) is 6.40. The van der Waals surface area contributed by atoms with Gasteiger partial charge in [-0.3, -0.25) is 0 Å². The van der Waals surface area contributed by atoms with Crippen molar-refractivity contribution in [3.8, 4) is 11.6 Å². The van der Waals surface area contributed by atoms with E-state index >= 15 is 0 Å². The number of esters is 1. The molecule has 1 fully saturated rings. The summed E-state index contributed by atoms with van der Waals surface area (Å²) in [6, 6.07) is 7.67. The Morgan fingerprint density at radius 3 is 2.48 bits per heavy atom. The van der Waals surface area contributed by atoms with Crippen LogP contribution in [0, 0.1) is 0 Å². The highest BCUT2D eigenvalue weighted by Crippen LogP contribution is 2.47. The molecule has 33 heavy (non-hydrogen) atoms. The normalized spacial score (nSPS) is 17.8. The maximum atomic E-state index is 13.1. The topological polar surface area (TPSA) is 86.3 Å². The Balaban J connectivity index is 1.95. The third-order valence-corrected chi connectivity index (χ3v) is 5.74. The van der Waals surface area contributed by atoms with Gasteiger partial charge in [-0.2, -0.15) is 9.97 Å². The minimum absolute atomic E-state index is 0.268. The van der Waals surface area contributed by atoms with Crippen LogP contribution in [0.25, 0.3) is 0 Å². The van der Waals surface area contributed by atoms with E-state index in [0.29, 0.717) is 49.5 Å². The summed E-state index contributed by atoms with van der Waals surface area (Å²) >= 11 is 0. The highest BCUT2D eigenvalue weighted by Gasteiger charge is 2.39. The van der Waals surface area contributed by atoms with Crippen LogP contribution in [0.5, 0.6) is 11.6 Å². The van der Waals surface area contributed by atoms with Crippen molar-refractivity contribution >= 4 is 17.7 Å². The molecule has 2 aliphatic heterocycles. The van der Waals surface area contributed by atoms with Gasteiger partial charge < -0.3 is 28.7 Å². The molecule has 0 saturated carbocycles. The molecule has 1 atom stereocenters. The quantitative estimate of drug-likeness (QED) is 0.612. The molecule has 9 heteroatoms. The SMILES string of the molecule is CCOC(=O)C1=C(C)Oc2nc(N(C)C)nc(N3CCOCC3)c2C1c1ccc(OC)cc1. The Morgan fingerprint density at radius 2 is 1.88 bits per heavy atom. The van der Waals surface area contributed by atoms with E-state index in [-0.39, 0.29) is 6.61 Å². The molecule has 1 aromatic carbocycles. The molecule has 176 valence electrons. The lowest BCUT2D eigenvalue weighted by molar-refractivity contribution is -0.139. The summed E-state index contributed by atoms with van der Waals surface area (Å²) < 4.78 is 22.5. The lowest BCUT2D eigenvalue weighted by atomic mass is 9.83. The van der Waals surface area contributed by atoms with Crippen molar-refractivity contribution < 1.29 is 23.7 Å². The Labute approximate surface area is 193 Å². The van der Waals surface area contributed by atoms with Crippen molar-refractivity contribution in [3.05, 3.63) is 46.7 Å². The minimum Gasteiger partial charge on any atom is -0.497 e. The van der Waals surface area contributed by atoms with Crippen LogP contribution in [-0.2, 0) is 14.3 Å². The van der Waals surface area contributed by atoms with Crippen molar-refractivity contribution in [1.82, 2.24) is 9.97 Å². The summed E-state index contributed by atoms with van der Waals surface area (Å²) in [4.78, 5) is 26.7. The number of ether oxygens (including phenoxy) is 4. The van der Waals surface area contributed by atoms with Gasteiger partial charge >= 0.3 is 5.97 Å². The molecule has 0 amide bonds. The van der Waals surface area contributed by atoms with Gasteiger partial charge in [0.2, 0.25) is 11.8 Å². The first kappa shape index (κ1) is 22.8. The van der Waals surface area contributed by atoms with E-state index in [4.69, 9.17) is 28.9 Å². The summed E-state index contributed by atoms with van der Waals surface area (Å²) in [5, 5.41) is 0. The maximum Gasteiger partial charge on any atom is 0.338 e. The zero-order valence-corrected chi connectivity index (χ0v) is 19.8. The lowest BCUT2D eigenvalue weighted by Crippen LogP contribution is -2.39. The lowest BCUT2D eigenvalue weighted by Gasteiger charge is -2.35. The summed E-state index contributed by atoms with van der Waals surface area (Å²) in [6.07, 6.45) is 0. The predicted molar refractivity (Wildman–Crippen MR) is 124 cm³/mol. The van der Waals surface area contributed by atoms with Gasteiger partial charge in [0.25, 0.3) is 0 Å². The predicted octanol–water partition coefficient (Wildman–Crippen LogP) is 2.75. The van der Waals surface area contributed by atoms with Gasteiger partial charge in [0.05, 0.1) is 44.0 Å². The molecule has 9 nitrogen and oxygen atoms in total. The van der Waals surface area contributed by atoms with Crippen molar-refractivity contribution in [2.45, 2.75) is 19.8 Å². The number of rotatable bonds is 6. The second-order valence-corrected chi connectivity index (χ2v) is 8.06. The van der Waals surface area contributed by atoms with Crippen molar-refractivity contribution in [1.29, 1.82) is 0 Å². The Morgan fingerprint density at radius 1 is 1.18 bits per heavy atom. The molecule has 0 bridgehead atoms. The highest BCUT2D eigenvalue weighted by atomic mass is 16.5. The van der Waals surface area contributed by atoms with E-state index in [1.807, 2.05) is 43.3 Å². The van der Waals surface area contributed by atoms with Crippen LogP contribution < -0.4 is 19.3 Å². The number of hydrogen-bond donors (Lipinski definition) is 0. The third kappa shape index (κ3) is 4.45. The first-order valence-corrected chi connectivity index (χ1v) is 11.1. The van der Waals surface area contributed by atoms with Crippen LogP contribution in [0.1, 0.15) is 30.9 Å². The highest BCUT2D eigenvalue weighted by molar-refractivity contribution is 5.93. The zero-order valence-electron chi connectivity index (χ0n) is 19.8. The molecule has 2 aromatic rings. The van der Waals surface area contributed by atoms with E-state index in [0.717, 1.165) is 22.7 Å². The fraction of sp³-hybridized carbons (Fsp3) is 0.458. The van der Waals surface area contributed by atoms with Gasteiger partial charge in [-0.25, -0.2) is 4.79 Å². The Hall–Kier alpha value is -3.33. The summed E-state index contributed by atoms with van der Waals surface area (Å²) in [5.74, 6) is 2.06. The van der Waals surface area contributed by atoms with E-state index in [1.165, 1.54) is 0 Å². The number of carbonyl (C=O) groups excluding carboxylic acids is 1. The van der Waals surface area contributed by atoms with Gasteiger partial charge in [0.15, 0.2) is 0 Å². The number of fused-ring (bicyclic) bond motifs is 1. The fourth-order valence-electron chi connectivity index (χ4n) is 4.12. The first-order valence-electron chi connectivity index (χ1n) is 11.1. The van der Waals surface area contributed by atoms with Gasteiger partial charge in [-0.15, -0.1) is 0 Å². The largest absolute Gasteiger partial charge is 0.497 e. The van der Waals surface area contributed by atoms with E-state index in [9.17, 15) is 4.79 Å². The summed E-state index contributed by atoms with van der Waals surface area (Å²) in [5.41, 5.74) is 2.10. The number of aromatic nitrogens is 2. The monoisotopic (exact) mass is 454 g/mol. The van der Waals surface area contributed by atoms with Gasteiger partial charge in [0, 0.05) is 27.2 Å². The van der Waals surface area contributed by atoms with E-state index in [2.05, 4.69) is 4.90 Å². The number of nitrogens with zero attached hydrogens (tertiary/aromatic N) is 4. The van der Waals surface area contributed by atoms with Crippen LogP contribution >= 0.6 is 0 Å². The smallest absolute Gasteiger partial charge is 0.338 e. The molecule has 0 radical (unpaired) electrons.